The van der Waals surface area contributed by atoms with Crippen LogP contribution in [0.15, 0.2) is 78.9 Å². The zero-order valence-electron chi connectivity index (χ0n) is 28.8. The summed E-state index contributed by atoms with van der Waals surface area (Å²) in [6, 6.07) is 28.1. The van der Waals surface area contributed by atoms with Gasteiger partial charge in [-0.3, -0.25) is 9.69 Å². The van der Waals surface area contributed by atoms with E-state index in [0.29, 0.717) is 36.8 Å². The summed E-state index contributed by atoms with van der Waals surface area (Å²) < 4.78 is 12.4. The first-order chi connectivity index (χ1) is 24.5. The number of hydrogen-bond donors (Lipinski definition) is 2. The van der Waals surface area contributed by atoms with Crippen LogP contribution in [0, 0.1) is 5.92 Å². The van der Waals surface area contributed by atoms with Crippen LogP contribution in [-0.4, -0.2) is 74.9 Å². The summed E-state index contributed by atoms with van der Waals surface area (Å²) in [5, 5.41) is 13.2. The second-order valence-electron chi connectivity index (χ2n) is 14.9. The molecule has 4 heterocycles. The summed E-state index contributed by atoms with van der Waals surface area (Å²) in [5.41, 5.74) is 9.31. The van der Waals surface area contributed by atoms with Gasteiger partial charge in [0.05, 0.1) is 18.8 Å². The second-order valence-corrected chi connectivity index (χ2v) is 14.9. The number of hydrogen-bond acceptors (Lipinski definition) is 7. The van der Waals surface area contributed by atoms with Crippen LogP contribution in [0.4, 0.5) is 11.4 Å². The Morgan fingerprint density at radius 3 is 2.58 bits per heavy atom. The van der Waals surface area contributed by atoms with Crippen LogP contribution in [-0.2, 0) is 13.0 Å². The van der Waals surface area contributed by atoms with E-state index in [0.717, 1.165) is 80.4 Å². The van der Waals surface area contributed by atoms with E-state index in [9.17, 15) is 9.90 Å². The van der Waals surface area contributed by atoms with Gasteiger partial charge in [-0.1, -0.05) is 42.5 Å². The fourth-order valence-electron chi connectivity index (χ4n) is 9.45. The molecule has 0 radical (unpaired) electrons. The first-order valence-electron chi connectivity index (χ1n) is 18.4. The van der Waals surface area contributed by atoms with E-state index in [4.69, 9.17) is 9.47 Å². The lowest BCUT2D eigenvalue weighted by Gasteiger charge is -2.47. The van der Waals surface area contributed by atoms with Gasteiger partial charge in [0.1, 0.15) is 23.9 Å². The molecule has 4 aromatic rings. The highest BCUT2D eigenvalue weighted by Crippen LogP contribution is 2.50. The molecule has 4 aliphatic heterocycles. The van der Waals surface area contributed by atoms with Crippen molar-refractivity contribution in [3.63, 3.8) is 0 Å². The predicted octanol–water partition coefficient (Wildman–Crippen LogP) is 6.31. The number of ether oxygens (including phenoxy) is 2. The largest absolute Gasteiger partial charge is 0.508 e. The number of nitrogens with zero attached hydrogens (tertiary/aromatic N) is 3. The van der Waals surface area contributed by atoms with Gasteiger partial charge in [-0.15, -0.1) is 0 Å². The summed E-state index contributed by atoms with van der Waals surface area (Å²) in [4.78, 5) is 19.9. The van der Waals surface area contributed by atoms with Gasteiger partial charge in [0.25, 0.3) is 5.91 Å². The van der Waals surface area contributed by atoms with Crippen molar-refractivity contribution in [3.8, 4) is 17.2 Å². The number of carbonyl (C=O) groups excluding carboxylic acids is 1. The van der Waals surface area contributed by atoms with Gasteiger partial charge in [-0.05, 0) is 90.1 Å². The molecule has 4 aromatic carbocycles. The molecule has 8 heteroatoms. The summed E-state index contributed by atoms with van der Waals surface area (Å²) >= 11 is 0. The van der Waals surface area contributed by atoms with Crippen molar-refractivity contribution in [1.29, 1.82) is 0 Å². The Morgan fingerprint density at radius 2 is 1.74 bits per heavy atom. The molecule has 2 N–H and O–H groups in total. The van der Waals surface area contributed by atoms with Gasteiger partial charge < -0.3 is 29.7 Å². The molecule has 2 saturated heterocycles. The third-order valence-corrected chi connectivity index (χ3v) is 12.0. The summed E-state index contributed by atoms with van der Waals surface area (Å²) in [6.07, 6.45) is 4.34. The highest BCUT2D eigenvalue weighted by atomic mass is 16.5. The van der Waals surface area contributed by atoms with Crippen LogP contribution in [0.3, 0.4) is 0 Å². The minimum Gasteiger partial charge on any atom is -0.508 e. The zero-order chi connectivity index (χ0) is 33.8. The van der Waals surface area contributed by atoms with Gasteiger partial charge in [-0.2, -0.15) is 0 Å². The second kappa shape index (κ2) is 12.9. The maximum atomic E-state index is 12.2. The lowest BCUT2D eigenvalue weighted by molar-refractivity contribution is 0.0965. The fourth-order valence-corrected chi connectivity index (χ4v) is 9.45. The number of aromatic hydroxyl groups is 1. The number of methoxy groups -OCH3 is 1. The summed E-state index contributed by atoms with van der Waals surface area (Å²) in [5.74, 6) is 3.30. The third kappa shape index (κ3) is 5.63. The number of rotatable bonds is 6. The molecule has 1 amide bonds. The van der Waals surface area contributed by atoms with Crippen LogP contribution >= 0.6 is 0 Å². The Hall–Kier alpha value is -4.69. The lowest BCUT2D eigenvalue weighted by atomic mass is 9.69. The number of phenolic OH excluding ortho intramolecular Hbond substituents is 1. The van der Waals surface area contributed by atoms with E-state index in [1.807, 2.05) is 18.2 Å². The van der Waals surface area contributed by atoms with Crippen LogP contribution < -0.4 is 24.6 Å². The van der Waals surface area contributed by atoms with Crippen LogP contribution in [0.2, 0.25) is 0 Å². The van der Waals surface area contributed by atoms with E-state index < -0.39 is 0 Å². The number of amides is 1. The Morgan fingerprint density at radius 1 is 0.900 bits per heavy atom. The van der Waals surface area contributed by atoms with Crippen LogP contribution in [0.5, 0.6) is 17.2 Å². The molecule has 9 rings (SSSR count). The van der Waals surface area contributed by atoms with E-state index in [2.05, 4.69) is 80.7 Å². The van der Waals surface area contributed by atoms with Crippen LogP contribution in [0.1, 0.15) is 69.3 Å². The Bertz CT molecular complexity index is 1910. The topological polar surface area (TPSA) is 77.5 Å². The van der Waals surface area contributed by atoms with E-state index in [1.54, 1.807) is 7.11 Å². The molecule has 258 valence electrons. The molecule has 2 fully saturated rings. The number of piperidine rings is 1. The van der Waals surface area contributed by atoms with Crippen LogP contribution in [0.25, 0.3) is 0 Å². The number of benzene rings is 4. The number of aryl methyl sites for hydroxylation is 1. The molecular weight excluding hydrogens is 624 g/mol. The van der Waals surface area contributed by atoms with Gasteiger partial charge in [0.2, 0.25) is 0 Å². The lowest BCUT2D eigenvalue weighted by Crippen LogP contribution is -2.58. The molecule has 3 unspecified atom stereocenters. The molecule has 0 spiro atoms. The summed E-state index contributed by atoms with van der Waals surface area (Å²) in [7, 11) is 1.80. The average Bonchev–Trinajstić information content (AvgIpc) is 3.52. The smallest absolute Gasteiger partial charge is 0.252 e. The van der Waals surface area contributed by atoms with Crippen molar-refractivity contribution in [2.45, 2.75) is 50.1 Å². The number of carbonyl (C=O) groups is 1. The number of piperazine rings is 1. The molecule has 8 nitrogen and oxygen atoms in total. The maximum absolute atomic E-state index is 12.2. The van der Waals surface area contributed by atoms with Gasteiger partial charge in [0, 0.05) is 74.6 Å². The molecule has 0 aromatic heterocycles. The predicted molar refractivity (Wildman–Crippen MR) is 196 cm³/mol. The monoisotopic (exact) mass is 670 g/mol. The molecule has 50 heavy (non-hydrogen) atoms. The average molecular weight is 671 g/mol. The minimum atomic E-state index is 0.00526. The van der Waals surface area contributed by atoms with E-state index in [1.165, 1.54) is 40.8 Å². The summed E-state index contributed by atoms with van der Waals surface area (Å²) in [6.45, 7) is 7.56. The number of nitrogens with one attached hydrogen (secondary N) is 1. The Kier molecular flexibility index (Phi) is 8.07. The minimum absolute atomic E-state index is 0.00526. The first kappa shape index (κ1) is 31.3. The third-order valence-electron chi connectivity index (χ3n) is 12.0. The Labute approximate surface area is 294 Å². The zero-order valence-corrected chi connectivity index (χ0v) is 28.8. The standard InChI is InChI=1S/C42H46N4O4/c1-49-39-21-31(8-11-36(39)41-34(28-5-3-2-4-6-28)10-7-29-19-33(47)9-12-35(29)41)45-15-13-27(14-16-45)24-44-17-18-46-32(25-44)26-50-40-22-37-30(20-38(40)46)23-43-42(37)48/h2-6,8-9,11-12,19-22,27,32,34,41,47H,7,10,13-18,23-26H2,1H3,(H,43,48). The number of anilines is 2. The van der Waals surface area contributed by atoms with Crippen molar-refractivity contribution in [2.24, 2.45) is 5.92 Å². The molecule has 5 aliphatic rings. The highest BCUT2D eigenvalue weighted by molar-refractivity contribution is 5.99. The van der Waals surface area contributed by atoms with Gasteiger partial charge in [-0.25, -0.2) is 0 Å². The highest BCUT2D eigenvalue weighted by Gasteiger charge is 2.37. The SMILES string of the molecule is COc1cc(N2CCC(CN3CCN4c5cc6c(cc5OCC4C3)C(=O)NC6)CC2)ccc1C1c2ccc(O)cc2CCC1c1ccccc1. The van der Waals surface area contributed by atoms with Crippen molar-refractivity contribution in [2.75, 3.05) is 62.8 Å². The molecular formula is C42H46N4O4. The molecule has 1 aliphatic carbocycles. The fraction of sp³-hybridized carbons (Fsp3) is 0.405. The quantitative estimate of drug-likeness (QED) is 0.249. The van der Waals surface area contributed by atoms with E-state index >= 15 is 0 Å². The molecule has 3 atom stereocenters. The number of fused-ring (bicyclic) bond motifs is 5. The first-order valence-corrected chi connectivity index (χ1v) is 18.4. The van der Waals surface area contributed by atoms with Crippen molar-refractivity contribution < 1.29 is 19.4 Å². The van der Waals surface area contributed by atoms with Crippen molar-refractivity contribution in [3.05, 3.63) is 112 Å². The van der Waals surface area contributed by atoms with Gasteiger partial charge >= 0.3 is 0 Å². The van der Waals surface area contributed by atoms with Crippen molar-refractivity contribution >= 4 is 17.3 Å². The molecule has 0 saturated carbocycles. The van der Waals surface area contributed by atoms with Crippen molar-refractivity contribution in [1.82, 2.24) is 10.2 Å². The van der Waals surface area contributed by atoms with E-state index in [-0.39, 0.29) is 11.8 Å². The normalized spacial score (nSPS) is 23.3. The Balaban J connectivity index is 0.865. The van der Waals surface area contributed by atoms with Gasteiger partial charge in [0.15, 0.2) is 0 Å². The number of phenols is 1. The molecule has 0 bridgehead atoms. The maximum Gasteiger partial charge on any atom is 0.252 e.